The summed E-state index contributed by atoms with van der Waals surface area (Å²) in [6.07, 6.45) is 0.880. The van der Waals surface area contributed by atoms with Gasteiger partial charge in [-0.1, -0.05) is 18.5 Å². The summed E-state index contributed by atoms with van der Waals surface area (Å²) in [6, 6.07) is 3.66. The summed E-state index contributed by atoms with van der Waals surface area (Å²) in [7, 11) is 0. The SMILES string of the molecule is CCC(N)CC(=O)Nc1ccc([N+](=O)[O-])cc1Cl. The standard InChI is InChI=1S/C11H14ClN3O3/c1-2-7(13)5-11(16)14-10-4-3-8(15(17)18)6-9(10)12/h3-4,6-7H,2,5,13H2,1H3,(H,14,16). The average molecular weight is 272 g/mol. The number of nitro benzene ring substituents is 1. The minimum Gasteiger partial charge on any atom is -0.327 e. The molecule has 0 radical (unpaired) electrons. The fraction of sp³-hybridized carbons (Fsp3) is 0.364. The number of anilines is 1. The molecule has 0 aliphatic rings. The van der Waals surface area contributed by atoms with Crippen LogP contribution in [0.3, 0.4) is 0 Å². The van der Waals surface area contributed by atoms with Crippen molar-refractivity contribution in [1.82, 2.24) is 0 Å². The lowest BCUT2D eigenvalue weighted by Crippen LogP contribution is -2.26. The number of benzene rings is 1. The molecule has 1 aromatic carbocycles. The van der Waals surface area contributed by atoms with Crippen LogP contribution in [0.5, 0.6) is 0 Å². The number of hydrogen-bond acceptors (Lipinski definition) is 4. The van der Waals surface area contributed by atoms with E-state index >= 15 is 0 Å². The highest BCUT2D eigenvalue weighted by Crippen LogP contribution is 2.26. The largest absolute Gasteiger partial charge is 0.327 e. The fourth-order valence-electron chi connectivity index (χ4n) is 1.30. The lowest BCUT2D eigenvalue weighted by atomic mass is 10.1. The first-order valence-corrected chi connectivity index (χ1v) is 5.81. The molecule has 0 fully saturated rings. The molecule has 1 unspecified atom stereocenters. The summed E-state index contributed by atoms with van der Waals surface area (Å²) in [6.45, 7) is 1.89. The van der Waals surface area contributed by atoms with Crippen molar-refractivity contribution in [3.8, 4) is 0 Å². The Bertz CT molecular complexity index is 465. The second-order valence-corrected chi connectivity index (χ2v) is 4.25. The van der Waals surface area contributed by atoms with Gasteiger partial charge in [0.25, 0.3) is 5.69 Å². The van der Waals surface area contributed by atoms with Gasteiger partial charge in [0.05, 0.1) is 15.6 Å². The Kier molecular flexibility index (Phi) is 5.06. The Morgan fingerprint density at radius 3 is 2.78 bits per heavy atom. The number of rotatable bonds is 5. The minimum absolute atomic E-state index is 0.122. The number of nitrogens with one attached hydrogen (secondary N) is 1. The summed E-state index contributed by atoms with van der Waals surface area (Å²) >= 11 is 5.84. The molecule has 0 saturated carbocycles. The normalized spacial score (nSPS) is 11.9. The summed E-state index contributed by atoms with van der Waals surface area (Å²) in [5.74, 6) is -0.264. The van der Waals surface area contributed by atoms with Crippen LogP contribution >= 0.6 is 11.6 Å². The molecule has 0 saturated heterocycles. The highest BCUT2D eigenvalue weighted by atomic mass is 35.5. The molecule has 0 aromatic heterocycles. The van der Waals surface area contributed by atoms with Crippen LogP contribution in [0.2, 0.25) is 5.02 Å². The topological polar surface area (TPSA) is 98.3 Å². The maximum Gasteiger partial charge on any atom is 0.271 e. The second-order valence-electron chi connectivity index (χ2n) is 3.84. The summed E-state index contributed by atoms with van der Waals surface area (Å²) in [5, 5.41) is 13.2. The number of hydrogen-bond donors (Lipinski definition) is 2. The van der Waals surface area contributed by atoms with E-state index in [-0.39, 0.29) is 29.1 Å². The Balaban J connectivity index is 2.74. The molecular formula is C11H14ClN3O3. The minimum atomic E-state index is -0.551. The van der Waals surface area contributed by atoms with E-state index in [1.165, 1.54) is 18.2 Å². The zero-order valence-corrected chi connectivity index (χ0v) is 10.6. The zero-order chi connectivity index (χ0) is 13.7. The Labute approximate surface area is 109 Å². The fourth-order valence-corrected chi connectivity index (χ4v) is 1.52. The third-order valence-corrected chi connectivity index (χ3v) is 2.72. The highest BCUT2D eigenvalue weighted by molar-refractivity contribution is 6.33. The third-order valence-electron chi connectivity index (χ3n) is 2.41. The van der Waals surface area contributed by atoms with Crippen molar-refractivity contribution in [2.75, 3.05) is 5.32 Å². The summed E-state index contributed by atoms with van der Waals surface area (Å²) in [4.78, 5) is 21.5. The maximum absolute atomic E-state index is 11.6. The van der Waals surface area contributed by atoms with Crippen molar-refractivity contribution in [2.24, 2.45) is 5.73 Å². The van der Waals surface area contributed by atoms with Crippen LogP contribution < -0.4 is 11.1 Å². The molecule has 1 atom stereocenters. The number of amides is 1. The van der Waals surface area contributed by atoms with Crippen LogP contribution in [0.4, 0.5) is 11.4 Å². The number of halogens is 1. The first-order valence-electron chi connectivity index (χ1n) is 5.43. The summed E-state index contributed by atoms with van der Waals surface area (Å²) < 4.78 is 0. The van der Waals surface area contributed by atoms with Gasteiger partial charge >= 0.3 is 0 Å². The number of nitrogens with zero attached hydrogens (tertiary/aromatic N) is 1. The van der Waals surface area contributed by atoms with Gasteiger partial charge in [-0.05, 0) is 12.5 Å². The van der Waals surface area contributed by atoms with E-state index in [0.29, 0.717) is 12.1 Å². The summed E-state index contributed by atoms with van der Waals surface area (Å²) in [5.41, 5.74) is 5.87. The van der Waals surface area contributed by atoms with Gasteiger partial charge < -0.3 is 11.1 Å². The predicted octanol–water partition coefficient (Wildman–Crippen LogP) is 2.31. The van der Waals surface area contributed by atoms with E-state index in [9.17, 15) is 14.9 Å². The van der Waals surface area contributed by atoms with Crippen LogP contribution in [0.1, 0.15) is 19.8 Å². The van der Waals surface area contributed by atoms with Crippen LogP contribution in [-0.4, -0.2) is 16.9 Å². The van der Waals surface area contributed by atoms with E-state index in [4.69, 9.17) is 17.3 Å². The van der Waals surface area contributed by atoms with Crippen molar-refractivity contribution in [3.05, 3.63) is 33.3 Å². The van der Waals surface area contributed by atoms with Crippen molar-refractivity contribution < 1.29 is 9.72 Å². The number of nitro groups is 1. The molecule has 0 spiro atoms. The smallest absolute Gasteiger partial charge is 0.271 e. The van der Waals surface area contributed by atoms with E-state index in [1.807, 2.05) is 6.92 Å². The monoisotopic (exact) mass is 271 g/mol. The molecule has 0 bridgehead atoms. The molecule has 6 nitrogen and oxygen atoms in total. The molecule has 0 aliphatic carbocycles. The van der Waals surface area contributed by atoms with E-state index in [2.05, 4.69) is 5.32 Å². The lowest BCUT2D eigenvalue weighted by molar-refractivity contribution is -0.384. The van der Waals surface area contributed by atoms with Gasteiger partial charge in [0.1, 0.15) is 0 Å². The van der Waals surface area contributed by atoms with Crippen molar-refractivity contribution in [1.29, 1.82) is 0 Å². The first-order chi connectivity index (χ1) is 8.43. The Morgan fingerprint density at radius 2 is 2.28 bits per heavy atom. The average Bonchev–Trinajstić information content (AvgIpc) is 2.31. The predicted molar refractivity (Wildman–Crippen MR) is 69.6 cm³/mol. The highest BCUT2D eigenvalue weighted by Gasteiger charge is 2.12. The zero-order valence-electron chi connectivity index (χ0n) is 9.85. The van der Waals surface area contributed by atoms with Crippen LogP contribution in [-0.2, 0) is 4.79 Å². The molecule has 3 N–H and O–H groups in total. The van der Waals surface area contributed by atoms with Crippen molar-refractivity contribution in [3.63, 3.8) is 0 Å². The molecule has 0 aliphatic heterocycles. The molecule has 98 valence electrons. The molecule has 0 heterocycles. The van der Waals surface area contributed by atoms with Gasteiger partial charge in [-0.15, -0.1) is 0 Å². The molecular weight excluding hydrogens is 258 g/mol. The Hall–Kier alpha value is -1.66. The van der Waals surface area contributed by atoms with Gasteiger partial charge in [-0.25, -0.2) is 0 Å². The molecule has 1 rings (SSSR count). The Morgan fingerprint density at radius 1 is 1.61 bits per heavy atom. The quantitative estimate of drug-likeness (QED) is 0.634. The number of carbonyl (C=O) groups is 1. The maximum atomic E-state index is 11.6. The lowest BCUT2D eigenvalue weighted by Gasteiger charge is -2.10. The van der Waals surface area contributed by atoms with E-state index in [1.54, 1.807) is 0 Å². The van der Waals surface area contributed by atoms with Crippen LogP contribution in [0, 0.1) is 10.1 Å². The molecule has 18 heavy (non-hydrogen) atoms. The third kappa shape index (κ3) is 3.97. The van der Waals surface area contributed by atoms with Crippen molar-refractivity contribution >= 4 is 28.9 Å². The van der Waals surface area contributed by atoms with Gasteiger partial charge in [0, 0.05) is 24.6 Å². The van der Waals surface area contributed by atoms with Crippen LogP contribution in [0.25, 0.3) is 0 Å². The van der Waals surface area contributed by atoms with Gasteiger partial charge in [0.2, 0.25) is 5.91 Å². The van der Waals surface area contributed by atoms with Gasteiger partial charge in [-0.2, -0.15) is 0 Å². The van der Waals surface area contributed by atoms with Crippen molar-refractivity contribution in [2.45, 2.75) is 25.8 Å². The van der Waals surface area contributed by atoms with E-state index < -0.39 is 4.92 Å². The van der Waals surface area contributed by atoms with Crippen LogP contribution in [0.15, 0.2) is 18.2 Å². The number of carbonyl (C=O) groups excluding carboxylic acids is 1. The number of nitrogens with two attached hydrogens (primary N) is 1. The van der Waals surface area contributed by atoms with E-state index in [0.717, 1.165) is 0 Å². The van der Waals surface area contributed by atoms with Gasteiger partial charge in [-0.3, -0.25) is 14.9 Å². The first kappa shape index (κ1) is 14.4. The molecule has 1 amide bonds. The van der Waals surface area contributed by atoms with Gasteiger partial charge in [0.15, 0.2) is 0 Å². The molecule has 7 heteroatoms. The second kappa shape index (κ2) is 6.32. The number of non-ortho nitro benzene ring substituents is 1. The molecule has 1 aromatic rings.